The van der Waals surface area contributed by atoms with Crippen LogP contribution in [0.2, 0.25) is 0 Å². The van der Waals surface area contributed by atoms with Gasteiger partial charge in [0.05, 0.1) is 18.3 Å². The number of aromatic nitrogens is 2. The maximum absolute atomic E-state index is 13.6. The van der Waals surface area contributed by atoms with Crippen LogP contribution in [0, 0.1) is 5.92 Å². The van der Waals surface area contributed by atoms with Crippen molar-refractivity contribution in [1.82, 2.24) is 14.7 Å². The van der Waals surface area contributed by atoms with Crippen LogP contribution in [0.4, 0.5) is 0 Å². The smallest absolute Gasteiger partial charge is 0.254 e. The van der Waals surface area contributed by atoms with E-state index >= 15 is 0 Å². The Labute approximate surface area is 246 Å². The number of carbonyl (C=O) groups is 2. The second kappa shape index (κ2) is 13.9. The Hall–Kier alpha value is -3.55. The molecule has 7 heteroatoms. The predicted molar refractivity (Wildman–Crippen MR) is 163 cm³/mol. The van der Waals surface area contributed by atoms with Crippen molar-refractivity contribution in [3.63, 3.8) is 0 Å². The fourth-order valence-corrected chi connectivity index (χ4v) is 6.73. The molecular weight excluding hydrogens is 530 g/mol. The quantitative estimate of drug-likeness (QED) is 0.181. The summed E-state index contributed by atoms with van der Waals surface area (Å²) in [7, 11) is 0. The minimum atomic E-state index is -0.610. The first kappa shape index (κ1) is 29.0. The first-order valence-electron chi connectivity index (χ1n) is 14.7. The number of hydrogen-bond acceptors (Lipinski definition) is 5. The van der Waals surface area contributed by atoms with Gasteiger partial charge in [-0.25, -0.2) is 0 Å². The van der Waals surface area contributed by atoms with Gasteiger partial charge in [0.15, 0.2) is 5.78 Å². The van der Waals surface area contributed by atoms with Crippen LogP contribution in [-0.4, -0.2) is 44.1 Å². The van der Waals surface area contributed by atoms with E-state index in [1.54, 1.807) is 35.6 Å². The van der Waals surface area contributed by atoms with Gasteiger partial charge in [-0.05, 0) is 86.1 Å². The summed E-state index contributed by atoms with van der Waals surface area (Å²) in [4.78, 5) is 30.3. The van der Waals surface area contributed by atoms with E-state index in [-0.39, 0.29) is 30.1 Å². The second-order valence-corrected chi connectivity index (χ2v) is 12.0. The average Bonchev–Trinajstić information content (AvgIpc) is 3.79. The lowest BCUT2D eigenvalue weighted by molar-refractivity contribution is 0.0736. The predicted octanol–water partition coefficient (Wildman–Crippen LogP) is 6.76. The van der Waals surface area contributed by atoms with E-state index in [0.29, 0.717) is 24.0 Å². The highest BCUT2D eigenvalue weighted by Gasteiger charge is 2.31. The fraction of sp³-hybridized carbons (Fsp3) is 0.382. The Morgan fingerprint density at radius 2 is 1.88 bits per heavy atom. The van der Waals surface area contributed by atoms with Crippen molar-refractivity contribution in [3.8, 4) is 0 Å². The molecule has 214 valence electrons. The monoisotopic (exact) mass is 569 g/mol. The molecular formula is C34H39N3O3S. The maximum Gasteiger partial charge on any atom is 0.254 e. The van der Waals surface area contributed by atoms with Crippen LogP contribution >= 0.6 is 11.3 Å². The van der Waals surface area contributed by atoms with Crippen molar-refractivity contribution < 1.29 is 14.7 Å². The lowest BCUT2D eigenvalue weighted by Gasteiger charge is -2.24. The molecule has 4 aromatic rings. The number of likely N-dealkylation sites (tertiary alicyclic amines) is 1. The van der Waals surface area contributed by atoms with Crippen LogP contribution in [0.25, 0.3) is 0 Å². The van der Waals surface area contributed by atoms with Crippen molar-refractivity contribution in [2.75, 3.05) is 6.54 Å². The third-order valence-electron chi connectivity index (χ3n) is 8.13. The number of ketones is 1. The summed E-state index contributed by atoms with van der Waals surface area (Å²) in [6.45, 7) is 3.62. The maximum atomic E-state index is 13.6. The molecule has 2 aromatic heterocycles. The van der Waals surface area contributed by atoms with E-state index in [4.69, 9.17) is 0 Å². The summed E-state index contributed by atoms with van der Waals surface area (Å²) < 4.78 is 1.91. The molecule has 0 spiro atoms. The van der Waals surface area contributed by atoms with E-state index < -0.39 is 6.10 Å². The molecule has 41 heavy (non-hydrogen) atoms. The zero-order chi connectivity index (χ0) is 28.6. The van der Waals surface area contributed by atoms with Gasteiger partial charge in [-0.1, -0.05) is 48.5 Å². The summed E-state index contributed by atoms with van der Waals surface area (Å²) in [5.41, 5.74) is 3.34. The third kappa shape index (κ3) is 7.40. The zero-order valence-corrected chi connectivity index (χ0v) is 24.5. The summed E-state index contributed by atoms with van der Waals surface area (Å²) in [5, 5.41) is 17.7. The molecule has 0 bridgehead atoms. The van der Waals surface area contributed by atoms with Crippen molar-refractivity contribution in [1.29, 1.82) is 0 Å². The molecule has 6 nitrogen and oxygen atoms in total. The van der Waals surface area contributed by atoms with Gasteiger partial charge in [0.2, 0.25) is 0 Å². The van der Waals surface area contributed by atoms with Gasteiger partial charge in [-0.2, -0.15) is 5.10 Å². The largest absolute Gasteiger partial charge is 0.393 e. The van der Waals surface area contributed by atoms with Gasteiger partial charge >= 0.3 is 0 Å². The first-order valence-corrected chi connectivity index (χ1v) is 15.6. The molecule has 0 radical (unpaired) electrons. The number of carbonyl (C=O) groups excluding carboxylic acids is 2. The summed E-state index contributed by atoms with van der Waals surface area (Å²) in [5.74, 6) is -0.285. The van der Waals surface area contributed by atoms with E-state index in [2.05, 4.69) is 29.7 Å². The molecule has 1 saturated heterocycles. The molecule has 1 unspecified atom stereocenters. The van der Waals surface area contributed by atoms with Gasteiger partial charge in [-0.3, -0.25) is 14.3 Å². The number of aliphatic hydroxyl groups excluding tert-OH is 1. The van der Waals surface area contributed by atoms with Crippen LogP contribution in [0.3, 0.4) is 0 Å². The van der Waals surface area contributed by atoms with Gasteiger partial charge < -0.3 is 10.0 Å². The fourth-order valence-electron chi connectivity index (χ4n) is 5.85. The Balaban J connectivity index is 1.26. The number of thiophene rings is 1. The molecule has 0 saturated carbocycles. The summed E-state index contributed by atoms with van der Waals surface area (Å²) >= 11 is 1.69. The molecule has 3 atom stereocenters. The summed E-state index contributed by atoms with van der Waals surface area (Å²) in [6, 6.07) is 21.4. The average molecular weight is 570 g/mol. The number of benzene rings is 2. The first-order chi connectivity index (χ1) is 20.0. The molecule has 0 aliphatic carbocycles. The number of nitrogens with zero attached hydrogens (tertiary/aromatic N) is 3. The molecule has 2 aromatic carbocycles. The van der Waals surface area contributed by atoms with Crippen molar-refractivity contribution >= 4 is 23.0 Å². The molecule has 5 rings (SSSR count). The standard InChI is InChI=1S/C34H39N3O3S/c1-2-36-24-26(23-35-36)12-6-16-31(38)29(20-25-10-4-3-5-11-25)22-32(39)27-13-7-14-28(21-27)34(40)37-18-8-15-30(37)33-17-9-19-41-33/h3-5,7,9-11,13-14,17,19,21,23-24,29-31,38H,2,6,8,12,15-16,18,20,22H2,1H3/t29-,30?,31-/m1/s1. The minimum absolute atomic E-state index is 0.0252. The van der Waals surface area contributed by atoms with Crippen LogP contribution < -0.4 is 0 Å². The van der Waals surface area contributed by atoms with Crippen LogP contribution in [-0.2, 0) is 19.4 Å². The van der Waals surface area contributed by atoms with Gasteiger partial charge in [-0.15, -0.1) is 11.3 Å². The van der Waals surface area contributed by atoms with E-state index in [1.165, 1.54) is 4.88 Å². The topological polar surface area (TPSA) is 75.4 Å². The number of amides is 1. The van der Waals surface area contributed by atoms with E-state index in [9.17, 15) is 14.7 Å². The molecule has 1 fully saturated rings. The van der Waals surface area contributed by atoms with Crippen molar-refractivity contribution in [2.24, 2.45) is 5.92 Å². The second-order valence-electron chi connectivity index (χ2n) is 11.0. The lowest BCUT2D eigenvalue weighted by atomic mass is 9.85. The molecule has 1 aliphatic rings. The van der Waals surface area contributed by atoms with Crippen LogP contribution in [0.15, 0.2) is 84.5 Å². The van der Waals surface area contributed by atoms with E-state index in [0.717, 1.165) is 49.9 Å². The Bertz CT molecular complexity index is 1420. The highest BCUT2D eigenvalue weighted by molar-refractivity contribution is 7.10. The van der Waals surface area contributed by atoms with Gasteiger partial charge in [0, 0.05) is 41.7 Å². The van der Waals surface area contributed by atoms with Crippen LogP contribution in [0.5, 0.6) is 0 Å². The SMILES string of the molecule is CCn1cc(CCC[C@@H](O)[C@@H](CC(=O)c2cccc(C(=O)N3CCCC3c3cccs3)c2)Cc2ccccc2)cn1. The number of aliphatic hydroxyl groups is 1. The highest BCUT2D eigenvalue weighted by Crippen LogP contribution is 2.35. The number of rotatable bonds is 13. The van der Waals surface area contributed by atoms with Crippen LogP contribution in [0.1, 0.15) is 81.8 Å². The van der Waals surface area contributed by atoms with E-state index in [1.807, 2.05) is 52.2 Å². The highest BCUT2D eigenvalue weighted by atomic mass is 32.1. The summed E-state index contributed by atoms with van der Waals surface area (Å²) in [6.07, 6.45) is 8.39. The zero-order valence-electron chi connectivity index (χ0n) is 23.7. The molecule has 1 aliphatic heterocycles. The van der Waals surface area contributed by atoms with Gasteiger partial charge in [0.25, 0.3) is 5.91 Å². The third-order valence-corrected chi connectivity index (χ3v) is 9.10. The normalized spacial score (nSPS) is 16.5. The lowest BCUT2D eigenvalue weighted by Crippen LogP contribution is -2.30. The number of aryl methyl sites for hydroxylation is 2. The van der Waals surface area contributed by atoms with Crippen molar-refractivity contribution in [2.45, 2.75) is 70.6 Å². The number of hydrogen-bond donors (Lipinski definition) is 1. The van der Waals surface area contributed by atoms with Crippen molar-refractivity contribution in [3.05, 3.63) is 112 Å². The van der Waals surface area contributed by atoms with Gasteiger partial charge in [0.1, 0.15) is 0 Å². The minimum Gasteiger partial charge on any atom is -0.393 e. The Morgan fingerprint density at radius 1 is 1.05 bits per heavy atom. The number of Topliss-reactive ketones (excluding diaryl/α,β-unsaturated/α-hetero) is 1. The Morgan fingerprint density at radius 3 is 2.63 bits per heavy atom. The Kier molecular flexibility index (Phi) is 9.80. The molecule has 3 heterocycles. The molecule has 1 N–H and O–H groups in total. The molecule has 1 amide bonds.